The molecule has 0 spiro atoms. The highest BCUT2D eigenvalue weighted by molar-refractivity contribution is 6.30. The summed E-state index contributed by atoms with van der Waals surface area (Å²) < 4.78 is 20.6. The van der Waals surface area contributed by atoms with E-state index in [2.05, 4.69) is 10.1 Å². The number of nitrogens with zero attached hydrogens (tertiary/aromatic N) is 1. The van der Waals surface area contributed by atoms with Gasteiger partial charge in [-0.25, -0.2) is 9.59 Å². The number of rotatable bonds is 8. The van der Waals surface area contributed by atoms with Gasteiger partial charge >= 0.3 is 12.0 Å². The summed E-state index contributed by atoms with van der Waals surface area (Å²) in [5, 5.41) is 2.14. The molecule has 0 bridgehead atoms. The minimum Gasteiger partial charge on any atom is -0.490 e. The molecule has 10 heteroatoms. The van der Waals surface area contributed by atoms with Crippen molar-refractivity contribution in [1.82, 2.24) is 10.2 Å². The van der Waals surface area contributed by atoms with E-state index in [1.165, 1.54) is 25.5 Å². The largest absolute Gasteiger partial charge is 0.490 e. The zero-order valence-electron chi connectivity index (χ0n) is 16.9. The van der Waals surface area contributed by atoms with Crippen LogP contribution in [0.5, 0.6) is 11.5 Å². The molecule has 1 fully saturated rings. The molecular weight excluding hydrogens is 408 g/mol. The number of imide groups is 2. The monoisotopic (exact) mass is 428 g/mol. The molecule has 1 aromatic carbocycles. The van der Waals surface area contributed by atoms with Gasteiger partial charge in [0.25, 0.3) is 11.8 Å². The molecule has 0 saturated carbocycles. The van der Waals surface area contributed by atoms with Crippen LogP contribution in [0.4, 0.5) is 4.79 Å². The summed E-state index contributed by atoms with van der Waals surface area (Å²) in [6.07, 6.45) is 2.76. The maximum atomic E-state index is 12.8. The molecule has 1 aromatic heterocycles. The number of methoxy groups -OCH3 is 1. The molecule has 2 aromatic rings. The molecule has 0 atom stereocenters. The van der Waals surface area contributed by atoms with Crippen LogP contribution in [0.1, 0.15) is 18.2 Å². The van der Waals surface area contributed by atoms with Gasteiger partial charge in [0, 0.05) is 0 Å². The van der Waals surface area contributed by atoms with Crippen LogP contribution < -0.4 is 14.8 Å². The van der Waals surface area contributed by atoms with Crippen molar-refractivity contribution in [2.75, 3.05) is 20.3 Å². The Bertz CT molecular complexity index is 1030. The smallest absolute Gasteiger partial charge is 0.343 e. The average Bonchev–Trinajstić information content (AvgIpc) is 3.27. The highest BCUT2D eigenvalue weighted by Crippen LogP contribution is 2.30. The Labute approximate surface area is 177 Å². The average molecular weight is 428 g/mol. The molecule has 1 saturated heterocycles. The van der Waals surface area contributed by atoms with E-state index in [1.807, 2.05) is 0 Å². The van der Waals surface area contributed by atoms with Gasteiger partial charge < -0.3 is 18.6 Å². The first-order chi connectivity index (χ1) is 14.9. The first kappa shape index (κ1) is 21.6. The standard InChI is InChI=1S/C21H20N2O8/c1-3-29-17-10-13(6-7-16(17)31-12-18(24)28-2)9-15-19(25)22-21(27)23(20(15)26)11-14-5-4-8-30-14/h4-10H,3,11-12H2,1-2H3,(H,22,25,27). The summed E-state index contributed by atoms with van der Waals surface area (Å²) in [6, 6.07) is 7.08. The van der Waals surface area contributed by atoms with Gasteiger partial charge in [0.05, 0.1) is 26.5 Å². The highest BCUT2D eigenvalue weighted by Gasteiger charge is 2.36. The summed E-state index contributed by atoms with van der Waals surface area (Å²) in [4.78, 5) is 49.4. The van der Waals surface area contributed by atoms with Crippen molar-refractivity contribution in [3.05, 3.63) is 53.5 Å². The van der Waals surface area contributed by atoms with Crippen molar-refractivity contribution in [3.63, 3.8) is 0 Å². The summed E-state index contributed by atoms with van der Waals surface area (Å²) in [5.74, 6) is -1.12. The van der Waals surface area contributed by atoms with E-state index in [1.54, 1.807) is 31.2 Å². The first-order valence-corrected chi connectivity index (χ1v) is 9.30. The minimum atomic E-state index is -0.829. The Balaban J connectivity index is 1.86. The normalized spacial score (nSPS) is 15.1. The van der Waals surface area contributed by atoms with Gasteiger partial charge in [0.2, 0.25) is 0 Å². The second-order valence-corrected chi connectivity index (χ2v) is 6.29. The van der Waals surface area contributed by atoms with Crippen molar-refractivity contribution < 1.29 is 37.8 Å². The molecule has 10 nitrogen and oxygen atoms in total. The molecule has 0 radical (unpaired) electrons. The minimum absolute atomic E-state index is 0.118. The molecular formula is C21H20N2O8. The lowest BCUT2D eigenvalue weighted by Gasteiger charge is -2.25. The second-order valence-electron chi connectivity index (χ2n) is 6.29. The molecule has 1 N–H and O–H groups in total. The molecule has 0 aliphatic carbocycles. The Morgan fingerprint density at radius 2 is 1.97 bits per heavy atom. The van der Waals surface area contributed by atoms with E-state index in [-0.39, 0.29) is 18.7 Å². The number of amides is 4. The number of nitrogens with one attached hydrogen (secondary N) is 1. The van der Waals surface area contributed by atoms with E-state index in [9.17, 15) is 19.2 Å². The molecule has 31 heavy (non-hydrogen) atoms. The number of carbonyl (C=O) groups excluding carboxylic acids is 4. The topological polar surface area (TPSA) is 124 Å². The number of urea groups is 1. The highest BCUT2D eigenvalue weighted by atomic mass is 16.6. The summed E-state index contributed by atoms with van der Waals surface area (Å²) in [7, 11) is 1.25. The zero-order valence-corrected chi connectivity index (χ0v) is 16.9. The fourth-order valence-corrected chi connectivity index (χ4v) is 2.76. The maximum Gasteiger partial charge on any atom is 0.343 e. The van der Waals surface area contributed by atoms with E-state index in [0.29, 0.717) is 29.4 Å². The van der Waals surface area contributed by atoms with E-state index in [0.717, 1.165) is 4.90 Å². The Morgan fingerprint density at radius 3 is 2.65 bits per heavy atom. The van der Waals surface area contributed by atoms with E-state index < -0.39 is 23.8 Å². The predicted octanol–water partition coefficient (Wildman–Crippen LogP) is 1.89. The number of carbonyl (C=O) groups is 4. The quantitative estimate of drug-likeness (QED) is 0.384. The van der Waals surface area contributed by atoms with Crippen LogP contribution in [0.3, 0.4) is 0 Å². The van der Waals surface area contributed by atoms with Gasteiger partial charge in [-0.2, -0.15) is 0 Å². The van der Waals surface area contributed by atoms with E-state index in [4.69, 9.17) is 13.9 Å². The number of ether oxygens (including phenoxy) is 3. The van der Waals surface area contributed by atoms with Crippen LogP contribution in [0.2, 0.25) is 0 Å². The van der Waals surface area contributed by atoms with Gasteiger partial charge in [-0.3, -0.25) is 19.8 Å². The lowest BCUT2D eigenvalue weighted by molar-refractivity contribution is -0.143. The first-order valence-electron chi connectivity index (χ1n) is 9.30. The lowest BCUT2D eigenvalue weighted by atomic mass is 10.1. The molecule has 1 aliphatic heterocycles. The number of furan rings is 1. The van der Waals surface area contributed by atoms with Crippen LogP contribution in [-0.2, 0) is 25.7 Å². The van der Waals surface area contributed by atoms with Crippen LogP contribution in [0.25, 0.3) is 6.08 Å². The number of esters is 1. The predicted molar refractivity (Wildman–Crippen MR) is 106 cm³/mol. The lowest BCUT2D eigenvalue weighted by Crippen LogP contribution is -2.53. The molecule has 4 amide bonds. The Morgan fingerprint density at radius 1 is 1.16 bits per heavy atom. The third-order valence-corrected chi connectivity index (χ3v) is 4.23. The molecule has 2 heterocycles. The Hall–Kier alpha value is -4.08. The SMILES string of the molecule is CCOc1cc(C=C2C(=O)NC(=O)N(Cc3ccco3)C2=O)ccc1OCC(=O)OC. The summed E-state index contributed by atoms with van der Waals surface area (Å²) >= 11 is 0. The number of hydrogen-bond donors (Lipinski definition) is 1. The third kappa shape index (κ3) is 5.10. The number of hydrogen-bond acceptors (Lipinski definition) is 8. The van der Waals surface area contributed by atoms with Gasteiger partial charge in [-0.15, -0.1) is 0 Å². The van der Waals surface area contributed by atoms with Crippen molar-refractivity contribution in [3.8, 4) is 11.5 Å². The molecule has 0 unspecified atom stereocenters. The number of benzene rings is 1. The molecule has 162 valence electrons. The van der Waals surface area contributed by atoms with Crippen molar-refractivity contribution in [2.45, 2.75) is 13.5 Å². The van der Waals surface area contributed by atoms with Gasteiger partial charge in [0.15, 0.2) is 18.1 Å². The van der Waals surface area contributed by atoms with Crippen LogP contribution >= 0.6 is 0 Å². The molecule has 1 aliphatic rings. The van der Waals surface area contributed by atoms with Crippen LogP contribution in [0, 0.1) is 0 Å². The van der Waals surface area contributed by atoms with Crippen LogP contribution in [0.15, 0.2) is 46.6 Å². The van der Waals surface area contributed by atoms with Crippen LogP contribution in [-0.4, -0.2) is 49.0 Å². The van der Waals surface area contributed by atoms with Crippen molar-refractivity contribution in [2.24, 2.45) is 0 Å². The van der Waals surface area contributed by atoms with Gasteiger partial charge in [-0.05, 0) is 42.8 Å². The van der Waals surface area contributed by atoms with Gasteiger partial charge in [0.1, 0.15) is 11.3 Å². The third-order valence-electron chi connectivity index (χ3n) is 4.23. The van der Waals surface area contributed by atoms with Gasteiger partial charge in [-0.1, -0.05) is 6.07 Å². The maximum absolute atomic E-state index is 12.8. The Kier molecular flexibility index (Phi) is 6.71. The molecule has 3 rings (SSSR count). The second kappa shape index (κ2) is 9.61. The van der Waals surface area contributed by atoms with Crippen molar-refractivity contribution >= 4 is 29.9 Å². The fraction of sp³-hybridized carbons (Fsp3) is 0.238. The fourth-order valence-electron chi connectivity index (χ4n) is 2.76. The summed E-state index contributed by atoms with van der Waals surface area (Å²) in [5.41, 5.74) is 0.233. The summed E-state index contributed by atoms with van der Waals surface area (Å²) in [6.45, 7) is 1.67. The number of barbiturate groups is 1. The van der Waals surface area contributed by atoms with Crippen molar-refractivity contribution in [1.29, 1.82) is 0 Å². The zero-order chi connectivity index (χ0) is 22.4. The van der Waals surface area contributed by atoms with E-state index >= 15 is 0 Å².